The molecule has 158 valence electrons. The molecular formula is C23H34N4O2. The first-order chi connectivity index (χ1) is 14.1. The van der Waals surface area contributed by atoms with Gasteiger partial charge in [-0.05, 0) is 37.8 Å². The molecule has 0 atom stereocenters. The molecule has 2 amide bonds. The highest BCUT2D eigenvalue weighted by Crippen LogP contribution is 2.18. The topological polar surface area (TPSA) is 67.2 Å². The highest BCUT2D eigenvalue weighted by molar-refractivity contribution is 5.81. The Morgan fingerprint density at radius 1 is 1.07 bits per heavy atom. The van der Waals surface area contributed by atoms with Crippen LogP contribution in [0, 0.1) is 5.92 Å². The lowest BCUT2D eigenvalue weighted by molar-refractivity contribution is -0.131. The van der Waals surface area contributed by atoms with E-state index < -0.39 is 0 Å². The molecule has 1 saturated heterocycles. The van der Waals surface area contributed by atoms with E-state index in [4.69, 9.17) is 4.98 Å². The van der Waals surface area contributed by atoms with Crippen LogP contribution in [-0.2, 0) is 22.6 Å². The van der Waals surface area contributed by atoms with E-state index >= 15 is 0 Å². The third kappa shape index (κ3) is 5.37. The third-order valence-electron chi connectivity index (χ3n) is 5.99. The summed E-state index contributed by atoms with van der Waals surface area (Å²) in [6.45, 7) is 6.65. The third-order valence-corrected chi connectivity index (χ3v) is 5.99. The van der Waals surface area contributed by atoms with Gasteiger partial charge in [0, 0.05) is 32.0 Å². The SMILES string of the molecule is CCC(CC)C(=O)NCCc1nc2ccccc2n1CC(=O)N1CCCCCC1. The predicted molar refractivity (Wildman–Crippen MR) is 116 cm³/mol. The van der Waals surface area contributed by atoms with Crippen LogP contribution >= 0.6 is 0 Å². The van der Waals surface area contributed by atoms with Crippen LogP contribution in [0.3, 0.4) is 0 Å². The van der Waals surface area contributed by atoms with Crippen molar-refractivity contribution < 1.29 is 9.59 Å². The molecule has 29 heavy (non-hydrogen) atoms. The van der Waals surface area contributed by atoms with E-state index in [1.807, 2.05) is 47.6 Å². The number of nitrogens with zero attached hydrogens (tertiary/aromatic N) is 3. The van der Waals surface area contributed by atoms with Gasteiger partial charge in [-0.25, -0.2) is 4.98 Å². The molecule has 2 aromatic rings. The molecular weight excluding hydrogens is 364 g/mol. The first-order valence-electron chi connectivity index (χ1n) is 11.1. The summed E-state index contributed by atoms with van der Waals surface area (Å²) in [6.07, 6.45) is 6.92. The van der Waals surface area contributed by atoms with Crippen molar-refractivity contribution in [3.63, 3.8) is 0 Å². The fourth-order valence-corrected chi connectivity index (χ4v) is 4.15. The summed E-state index contributed by atoms with van der Waals surface area (Å²) < 4.78 is 2.03. The molecule has 0 bridgehead atoms. The standard InChI is InChI=1S/C23H34N4O2/c1-3-18(4-2)23(29)24-14-13-21-25-19-11-7-8-12-20(19)27(21)17-22(28)26-15-9-5-6-10-16-26/h7-8,11-12,18H,3-6,9-10,13-17H2,1-2H3,(H,24,29). The molecule has 0 aliphatic carbocycles. The molecule has 6 nitrogen and oxygen atoms in total. The van der Waals surface area contributed by atoms with Crippen LogP contribution in [0.15, 0.2) is 24.3 Å². The molecule has 1 aromatic carbocycles. The summed E-state index contributed by atoms with van der Waals surface area (Å²) in [4.78, 5) is 32.0. The molecule has 1 aliphatic heterocycles. The normalized spacial score (nSPS) is 14.9. The fraction of sp³-hybridized carbons (Fsp3) is 0.609. The number of aromatic nitrogens is 2. The van der Waals surface area contributed by atoms with E-state index in [1.54, 1.807) is 0 Å². The second-order valence-corrected chi connectivity index (χ2v) is 7.95. The first-order valence-corrected chi connectivity index (χ1v) is 11.1. The summed E-state index contributed by atoms with van der Waals surface area (Å²) in [5.74, 6) is 1.20. The predicted octanol–water partition coefficient (Wildman–Crippen LogP) is 3.53. The van der Waals surface area contributed by atoms with Gasteiger partial charge in [0.05, 0.1) is 11.0 Å². The van der Waals surface area contributed by atoms with Crippen LogP contribution in [0.1, 0.15) is 58.2 Å². The van der Waals surface area contributed by atoms with Crippen molar-refractivity contribution in [3.8, 4) is 0 Å². The number of carbonyl (C=O) groups excluding carboxylic acids is 2. The van der Waals surface area contributed by atoms with Crippen molar-refractivity contribution in [2.45, 2.75) is 65.3 Å². The van der Waals surface area contributed by atoms with Gasteiger partial charge in [-0.15, -0.1) is 0 Å². The molecule has 1 fully saturated rings. The number of hydrogen-bond donors (Lipinski definition) is 1. The van der Waals surface area contributed by atoms with Gasteiger partial charge in [0.25, 0.3) is 0 Å². The van der Waals surface area contributed by atoms with Crippen LogP contribution in [0.2, 0.25) is 0 Å². The Morgan fingerprint density at radius 2 is 1.76 bits per heavy atom. The van der Waals surface area contributed by atoms with Gasteiger partial charge < -0.3 is 14.8 Å². The summed E-state index contributed by atoms with van der Waals surface area (Å²) in [6, 6.07) is 7.95. The zero-order chi connectivity index (χ0) is 20.6. The number of nitrogens with one attached hydrogen (secondary N) is 1. The van der Waals surface area contributed by atoms with E-state index in [0.717, 1.165) is 55.6 Å². The number of rotatable bonds is 8. The lowest BCUT2D eigenvalue weighted by Gasteiger charge is -2.21. The van der Waals surface area contributed by atoms with Crippen LogP contribution < -0.4 is 5.32 Å². The van der Waals surface area contributed by atoms with E-state index in [9.17, 15) is 9.59 Å². The number of amides is 2. The minimum absolute atomic E-state index is 0.0680. The molecule has 0 saturated carbocycles. The monoisotopic (exact) mass is 398 g/mol. The number of imidazole rings is 1. The van der Waals surface area contributed by atoms with Crippen molar-refractivity contribution in [3.05, 3.63) is 30.1 Å². The number of carbonyl (C=O) groups is 2. The smallest absolute Gasteiger partial charge is 0.242 e. The number of fused-ring (bicyclic) bond motifs is 1. The minimum Gasteiger partial charge on any atom is -0.355 e. The molecule has 0 spiro atoms. The fourth-order valence-electron chi connectivity index (χ4n) is 4.15. The maximum absolute atomic E-state index is 13.0. The van der Waals surface area contributed by atoms with Crippen molar-refractivity contribution in [2.75, 3.05) is 19.6 Å². The molecule has 1 aromatic heterocycles. The van der Waals surface area contributed by atoms with Crippen LogP contribution in [0.4, 0.5) is 0 Å². The van der Waals surface area contributed by atoms with Gasteiger partial charge in [-0.2, -0.15) is 0 Å². The maximum atomic E-state index is 13.0. The molecule has 1 N–H and O–H groups in total. The first kappa shape index (κ1) is 21.3. The Kier molecular flexibility index (Phi) is 7.67. The lowest BCUT2D eigenvalue weighted by Crippen LogP contribution is -2.35. The quantitative estimate of drug-likeness (QED) is 0.740. The largest absolute Gasteiger partial charge is 0.355 e. The molecule has 2 heterocycles. The van der Waals surface area contributed by atoms with Gasteiger partial charge in [0.2, 0.25) is 11.8 Å². The Morgan fingerprint density at radius 3 is 2.45 bits per heavy atom. The molecule has 0 radical (unpaired) electrons. The zero-order valence-electron chi connectivity index (χ0n) is 17.8. The van der Waals surface area contributed by atoms with Crippen molar-refractivity contribution >= 4 is 22.8 Å². The lowest BCUT2D eigenvalue weighted by atomic mass is 10.0. The number of benzene rings is 1. The van der Waals surface area contributed by atoms with E-state index in [2.05, 4.69) is 5.32 Å². The van der Waals surface area contributed by atoms with Gasteiger partial charge in [-0.1, -0.05) is 38.8 Å². The summed E-state index contributed by atoms with van der Waals surface area (Å²) >= 11 is 0. The average molecular weight is 399 g/mol. The number of hydrogen-bond acceptors (Lipinski definition) is 3. The van der Waals surface area contributed by atoms with Gasteiger partial charge in [0.1, 0.15) is 12.4 Å². The van der Waals surface area contributed by atoms with Crippen LogP contribution in [0.5, 0.6) is 0 Å². The van der Waals surface area contributed by atoms with Gasteiger partial charge in [-0.3, -0.25) is 9.59 Å². The van der Waals surface area contributed by atoms with Crippen molar-refractivity contribution in [1.29, 1.82) is 0 Å². The van der Waals surface area contributed by atoms with Crippen molar-refractivity contribution in [2.24, 2.45) is 5.92 Å². The number of para-hydroxylation sites is 2. The second kappa shape index (κ2) is 10.4. The summed E-state index contributed by atoms with van der Waals surface area (Å²) in [7, 11) is 0. The second-order valence-electron chi connectivity index (χ2n) is 7.95. The van der Waals surface area contributed by atoms with Gasteiger partial charge >= 0.3 is 0 Å². The van der Waals surface area contributed by atoms with E-state index in [0.29, 0.717) is 19.5 Å². The van der Waals surface area contributed by atoms with E-state index in [1.165, 1.54) is 12.8 Å². The Labute approximate surface area is 173 Å². The van der Waals surface area contributed by atoms with Crippen LogP contribution in [-0.4, -0.2) is 45.9 Å². The Balaban J connectivity index is 1.72. The maximum Gasteiger partial charge on any atom is 0.242 e. The highest BCUT2D eigenvalue weighted by Gasteiger charge is 2.20. The summed E-state index contributed by atoms with van der Waals surface area (Å²) in [5, 5.41) is 3.04. The zero-order valence-corrected chi connectivity index (χ0v) is 17.8. The molecule has 0 unspecified atom stereocenters. The van der Waals surface area contributed by atoms with E-state index in [-0.39, 0.29) is 17.7 Å². The Hall–Kier alpha value is -2.37. The minimum atomic E-state index is 0.0680. The van der Waals surface area contributed by atoms with Crippen molar-refractivity contribution in [1.82, 2.24) is 19.8 Å². The molecule has 3 rings (SSSR count). The molecule has 1 aliphatic rings. The molecule has 6 heteroatoms. The average Bonchev–Trinajstić information content (AvgIpc) is 2.90. The van der Waals surface area contributed by atoms with Crippen LogP contribution in [0.25, 0.3) is 11.0 Å². The summed E-state index contributed by atoms with van der Waals surface area (Å²) in [5.41, 5.74) is 1.88. The highest BCUT2D eigenvalue weighted by atomic mass is 16.2. The van der Waals surface area contributed by atoms with Gasteiger partial charge in [0.15, 0.2) is 0 Å². The number of likely N-dealkylation sites (tertiary alicyclic amines) is 1. The Bertz CT molecular complexity index is 817.